The first-order chi connectivity index (χ1) is 10.5. The number of pyridine rings is 1. The second-order valence-electron chi connectivity index (χ2n) is 6.07. The predicted molar refractivity (Wildman–Crippen MR) is 102 cm³/mol. The summed E-state index contributed by atoms with van der Waals surface area (Å²) in [6.07, 6.45) is 5.40. The Bertz CT molecular complexity index is 494. The van der Waals surface area contributed by atoms with Crippen LogP contribution >= 0.6 is 11.8 Å². The van der Waals surface area contributed by atoms with E-state index < -0.39 is 0 Å². The largest absolute Gasteiger partial charge is 0.319 e. The Kier molecular flexibility index (Phi) is 8.81. The average molecular weight is 321 g/mol. The van der Waals surface area contributed by atoms with Crippen molar-refractivity contribution in [2.45, 2.75) is 59.1 Å². The first-order valence-corrected chi connectivity index (χ1v) is 9.43. The molecule has 1 heterocycles. The SMILES string of the molecule is CCCc1c(C(C)=C(C)CC(C)SCCNC)ccnc1C. The molecule has 1 unspecified atom stereocenters. The van der Waals surface area contributed by atoms with Crippen LogP contribution in [0, 0.1) is 6.92 Å². The summed E-state index contributed by atoms with van der Waals surface area (Å²) >= 11 is 2.05. The Morgan fingerprint density at radius 1 is 1.36 bits per heavy atom. The molecule has 2 nitrogen and oxygen atoms in total. The number of hydrogen-bond acceptors (Lipinski definition) is 3. The quantitative estimate of drug-likeness (QED) is 0.657. The molecule has 0 aliphatic carbocycles. The maximum Gasteiger partial charge on any atom is 0.0410 e. The minimum atomic E-state index is 0.667. The van der Waals surface area contributed by atoms with Gasteiger partial charge in [-0.1, -0.05) is 25.8 Å². The monoisotopic (exact) mass is 320 g/mol. The van der Waals surface area contributed by atoms with E-state index in [0.29, 0.717) is 5.25 Å². The zero-order valence-corrected chi connectivity index (χ0v) is 15.9. The lowest BCUT2D eigenvalue weighted by Crippen LogP contribution is -2.12. The van der Waals surface area contributed by atoms with E-state index >= 15 is 0 Å². The highest BCUT2D eigenvalue weighted by Gasteiger charge is 2.11. The molecule has 1 rings (SSSR count). The summed E-state index contributed by atoms with van der Waals surface area (Å²) in [5.74, 6) is 1.18. The summed E-state index contributed by atoms with van der Waals surface area (Å²) in [6.45, 7) is 12.4. The van der Waals surface area contributed by atoms with Crippen LogP contribution in [0.2, 0.25) is 0 Å². The summed E-state index contributed by atoms with van der Waals surface area (Å²) in [4.78, 5) is 4.48. The van der Waals surface area contributed by atoms with Gasteiger partial charge in [-0.05, 0) is 63.4 Å². The molecule has 1 atom stereocenters. The van der Waals surface area contributed by atoms with Gasteiger partial charge in [-0.25, -0.2) is 0 Å². The summed E-state index contributed by atoms with van der Waals surface area (Å²) in [5.41, 5.74) is 6.96. The van der Waals surface area contributed by atoms with Crippen molar-refractivity contribution in [3.63, 3.8) is 0 Å². The fourth-order valence-electron chi connectivity index (χ4n) is 2.75. The Hall–Kier alpha value is -0.800. The summed E-state index contributed by atoms with van der Waals surface area (Å²) in [7, 11) is 2.02. The van der Waals surface area contributed by atoms with Crippen molar-refractivity contribution in [2.24, 2.45) is 0 Å². The van der Waals surface area contributed by atoms with Crippen molar-refractivity contribution >= 4 is 17.3 Å². The molecule has 0 fully saturated rings. The van der Waals surface area contributed by atoms with Crippen LogP contribution in [0.15, 0.2) is 17.8 Å². The fraction of sp³-hybridized carbons (Fsp3) is 0.632. The van der Waals surface area contributed by atoms with Crippen LogP contribution in [0.1, 0.15) is 57.4 Å². The molecule has 0 amide bonds. The number of aromatic nitrogens is 1. The first kappa shape index (κ1) is 19.2. The van der Waals surface area contributed by atoms with Gasteiger partial charge in [0.15, 0.2) is 0 Å². The molecule has 0 aromatic carbocycles. The number of aryl methyl sites for hydroxylation is 1. The second-order valence-corrected chi connectivity index (χ2v) is 7.61. The van der Waals surface area contributed by atoms with Gasteiger partial charge in [0.2, 0.25) is 0 Å². The number of rotatable bonds is 9. The van der Waals surface area contributed by atoms with Gasteiger partial charge in [0, 0.05) is 29.4 Å². The molecule has 0 bridgehead atoms. The number of allylic oxidation sites excluding steroid dienone is 2. The molecule has 0 aliphatic rings. The standard InChI is InChI=1S/C19H32N2S/c1-7-8-19-17(5)21-10-9-18(19)16(4)14(2)13-15(3)22-12-11-20-6/h9-10,15,20H,7-8,11-13H2,1-6H3. The summed E-state index contributed by atoms with van der Waals surface area (Å²) in [6, 6.07) is 2.19. The molecule has 0 aliphatic heterocycles. The van der Waals surface area contributed by atoms with Gasteiger partial charge in [-0.15, -0.1) is 0 Å². The molecule has 22 heavy (non-hydrogen) atoms. The molecule has 3 heteroatoms. The molecule has 0 saturated heterocycles. The van der Waals surface area contributed by atoms with Crippen LogP contribution in [0.4, 0.5) is 0 Å². The van der Waals surface area contributed by atoms with Gasteiger partial charge in [0.1, 0.15) is 0 Å². The van der Waals surface area contributed by atoms with Crippen LogP contribution in [-0.2, 0) is 6.42 Å². The Balaban J connectivity index is 2.88. The zero-order valence-electron chi connectivity index (χ0n) is 15.1. The van der Waals surface area contributed by atoms with Crippen molar-refractivity contribution in [2.75, 3.05) is 19.3 Å². The van der Waals surface area contributed by atoms with Crippen molar-refractivity contribution in [3.05, 3.63) is 34.7 Å². The number of thioether (sulfide) groups is 1. The van der Waals surface area contributed by atoms with Crippen LogP contribution < -0.4 is 5.32 Å². The Labute approximate surface area is 141 Å². The first-order valence-electron chi connectivity index (χ1n) is 8.38. The third kappa shape index (κ3) is 5.77. The van der Waals surface area contributed by atoms with Crippen LogP contribution in [-0.4, -0.2) is 29.6 Å². The topological polar surface area (TPSA) is 24.9 Å². The van der Waals surface area contributed by atoms with Crippen LogP contribution in [0.3, 0.4) is 0 Å². The van der Waals surface area contributed by atoms with Crippen LogP contribution in [0.5, 0.6) is 0 Å². The normalized spacial score (nSPS) is 13.9. The summed E-state index contributed by atoms with van der Waals surface area (Å²) < 4.78 is 0. The maximum atomic E-state index is 4.48. The van der Waals surface area contributed by atoms with Gasteiger partial charge in [-0.3, -0.25) is 4.98 Å². The smallest absolute Gasteiger partial charge is 0.0410 e. The fourth-order valence-corrected chi connectivity index (χ4v) is 3.84. The minimum Gasteiger partial charge on any atom is -0.319 e. The molecule has 0 radical (unpaired) electrons. The summed E-state index contributed by atoms with van der Waals surface area (Å²) in [5, 5.41) is 3.88. The highest BCUT2D eigenvalue weighted by Crippen LogP contribution is 2.28. The van der Waals surface area contributed by atoms with E-state index in [-0.39, 0.29) is 0 Å². The van der Waals surface area contributed by atoms with E-state index in [2.05, 4.69) is 62.7 Å². The Morgan fingerprint density at radius 2 is 2.09 bits per heavy atom. The van der Waals surface area contributed by atoms with E-state index in [1.807, 2.05) is 13.2 Å². The molecule has 1 aromatic heterocycles. The van der Waals surface area contributed by atoms with E-state index in [1.54, 1.807) is 0 Å². The molecule has 1 N–H and O–H groups in total. The molecule has 0 saturated carbocycles. The zero-order chi connectivity index (χ0) is 16.5. The van der Waals surface area contributed by atoms with E-state index in [9.17, 15) is 0 Å². The van der Waals surface area contributed by atoms with E-state index in [1.165, 1.54) is 40.1 Å². The molecular weight excluding hydrogens is 288 g/mol. The van der Waals surface area contributed by atoms with Gasteiger partial charge < -0.3 is 5.32 Å². The predicted octanol–water partition coefficient (Wildman–Crippen LogP) is 4.87. The molecule has 0 spiro atoms. The third-order valence-corrected chi connectivity index (χ3v) is 5.34. The molecule has 1 aromatic rings. The van der Waals surface area contributed by atoms with Gasteiger partial charge in [0.05, 0.1) is 0 Å². The second kappa shape index (κ2) is 10.1. The highest BCUT2D eigenvalue weighted by molar-refractivity contribution is 7.99. The lowest BCUT2D eigenvalue weighted by molar-refractivity contribution is 0.862. The van der Waals surface area contributed by atoms with Gasteiger partial charge in [0.25, 0.3) is 0 Å². The molecular formula is C19H32N2S. The van der Waals surface area contributed by atoms with Crippen molar-refractivity contribution in [1.29, 1.82) is 0 Å². The van der Waals surface area contributed by atoms with Crippen molar-refractivity contribution in [3.8, 4) is 0 Å². The molecule has 124 valence electrons. The lowest BCUT2D eigenvalue weighted by Gasteiger charge is -2.17. The lowest BCUT2D eigenvalue weighted by atomic mass is 9.93. The number of nitrogens with one attached hydrogen (secondary N) is 1. The minimum absolute atomic E-state index is 0.667. The Morgan fingerprint density at radius 3 is 2.73 bits per heavy atom. The van der Waals surface area contributed by atoms with Crippen molar-refractivity contribution in [1.82, 2.24) is 10.3 Å². The van der Waals surface area contributed by atoms with Gasteiger partial charge >= 0.3 is 0 Å². The average Bonchev–Trinajstić information content (AvgIpc) is 2.49. The number of hydrogen-bond donors (Lipinski definition) is 1. The maximum absolute atomic E-state index is 4.48. The van der Waals surface area contributed by atoms with Crippen molar-refractivity contribution < 1.29 is 0 Å². The highest BCUT2D eigenvalue weighted by atomic mass is 32.2. The van der Waals surface area contributed by atoms with E-state index in [4.69, 9.17) is 0 Å². The number of nitrogens with zero attached hydrogens (tertiary/aromatic N) is 1. The van der Waals surface area contributed by atoms with Gasteiger partial charge in [-0.2, -0.15) is 11.8 Å². The van der Waals surface area contributed by atoms with Crippen LogP contribution in [0.25, 0.3) is 5.57 Å². The van der Waals surface area contributed by atoms with E-state index in [0.717, 1.165) is 19.4 Å². The third-order valence-electron chi connectivity index (χ3n) is 4.16.